The number of rotatable bonds is 5. The van der Waals surface area contributed by atoms with Gasteiger partial charge in [0.2, 0.25) is 0 Å². The largest absolute Gasteiger partial charge is 0.389 e. The number of hydrogen-bond donors (Lipinski definition) is 1. The molecule has 0 aliphatic rings. The number of halogens is 1. The van der Waals surface area contributed by atoms with Gasteiger partial charge in [0.05, 0.1) is 16.3 Å². The van der Waals surface area contributed by atoms with Crippen molar-refractivity contribution >= 4 is 17.5 Å². The van der Waals surface area contributed by atoms with Gasteiger partial charge in [-0.1, -0.05) is 23.7 Å². The van der Waals surface area contributed by atoms with Gasteiger partial charge in [0.15, 0.2) is 5.69 Å². The second-order valence-electron chi connectivity index (χ2n) is 5.73. The predicted octanol–water partition coefficient (Wildman–Crippen LogP) is 2.76. The lowest BCUT2D eigenvalue weighted by Crippen LogP contribution is -2.42. The molecule has 1 amide bonds. The summed E-state index contributed by atoms with van der Waals surface area (Å²) in [4.78, 5) is 14.1. The van der Waals surface area contributed by atoms with E-state index >= 15 is 0 Å². The van der Waals surface area contributed by atoms with Crippen LogP contribution in [0, 0.1) is 0 Å². The summed E-state index contributed by atoms with van der Waals surface area (Å²) in [6.07, 6.45) is 1.70. The van der Waals surface area contributed by atoms with Crippen molar-refractivity contribution in [1.29, 1.82) is 0 Å². The third kappa shape index (κ3) is 3.87. The van der Waals surface area contributed by atoms with Crippen LogP contribution < -0.4 is 0 Å². The lowest BCUT2D eigenvalue weighted by Gasteiger charge is -2.27. The molecule has 0 saturated heterocycles. The van der Waals surface area contributed by atoms with Crippen molar-refractivity contribution in [3.8, 4) is 5.69 Å². The number of hydrogen-bond acceptors (Lipinski definition) is 3. The summed E-state index contributed by atoms with van der Waals surface area (Å²) in [5.74, 6) is -0.213. The van der Waals surface area contributed by atoms with Crippen LogP contribution in [0.25, 0.3) is 5.69 Å². The van der Waals surface area contributed by atoms with Gasteiger partial charge in [-0.3, -0.25) is 4.79 Å². The van der Waals surface area contributed by atoms with Crippen LogP contribution in [-0.4, -0.2) is 44.4 Å². The number of carbonyl (C=O) groups excluding carboxylic acids is 1. The number of aliphatic hydroxyl groups is 1. The van der Waals surface area contributed by atoms with Gasteiger partial charge >= 0.3 is 0 Å². The van der Waals surface area contributed by atoms with E-state index in [2.05, 4.69) is 5.10 Å². The third-order valence-corrected chi connectivity index (χ3v) is 3.47. The molecule has 0 radical (unpaired) electrons. The summed E-state index contributed by atoms with van der Waals surface area (Å²) in [6.45, 7) is 5.97. The summed E-state index contributed by atoms with van der Waals surface area (Å²) in [5, 5.41) is 14.8. The minimum Gasteiger partial charge on any atom is -0.389 e. The molecule has 0 saturated carbocycles. The molecular formula is C16H20ClN3O2. The molecule has 1 heterocycles. The van der Waals surface area contributed by atoms with E-state index < -0.39 is 5.60 Å². The van der Waals surface area contributed by atoms with Crippen LogP contribution in [0.1, 0.15) is 31.3 Å². The minimum atomic E-state index is -0.947. The maximum Gasteiger partial charge on any atom is 0.274 e. The number of likely N-dealkylation sites (N-methyl/N-ethyl adjacent to an activating group) is 1. The van der Waals surface area contributed by atoms with E-state index in [4.69, 9.17) is 11.6 Å². The average molecular weight is 322 g/mol. The topological polar surface area (TPSA) is 58.4 Å². The van der Waals surface area contributed by atoms with Crippen molar-refractivity contribution in [2.75, 3.05) is 13.1 Å². The van der Waals surface area contributed by atoms with Gasteiger partial charge in [-0.2, -0.15) is 5.10 Å². The summed E-state index contributed by atoms with van der Waals surface area (Å²) < 4.78 is 1.58. The lowest BCUT2D eigenvalue weighted by molar-refractivity contribution is 0.0311. The first kappa shape index (κ1) is 16.5. The van der Waals surface area contributed by atoms with Gasteiger partial charge in [0.25, 0.3) is 5.91 Å². The van der Waals surface area contributed by atoms with Gasteiger partial charge in [-0.25, -0.2) is 4.68 Å². The summed E-state index contributed by atoms with van der Waals surface area (Å²) >= 11 is 6.14. The van der Waals surface area contributed by atoms with E-state index in [0.29, 0.717) is 22.9 Å². The standard InChI is InChI=1S/C16H20ClN3O2/c1-4-19(11-16(2,3)22)15(21)13-9-10-20(18-13)14-8-6-5-7-12(14)17/h5-10,22H,4,11H2,1-3H3. The summed E-state index contributed by atoms with van der Waals surface area (Å²) in [5.41, 5.74) is 0.0940. The maximum atomic E-state index is 12.5. The highest BCUT2D eigenvalue weighted by Crippen LogP contribution is 2.19. The van der Waals surface area contributed by atoms with Gasteiger partial charge < -0.3 is 10.0 Å². The van der Waals surface area contributed by atoms with E-state index in [0.717, 1.165) is 0 Å². The molecule has 1 aromatic carbocycles. The molecule has 2 aromatic rings. The molecule has 1 N–H and O–H groups in total. The molecule has 0 bridgehead atoms. The Hall–Kier alpha value is -1.85. The molecule has 0 unspecified atom stereocenters. The lowest BCUT2D eigenvalue weighted by atomic mass is 10.1. The van der Waals surface area contributed by atoms with Crippen molar-refractivity contribution in [3.05, 3.63) is 47.2 Å². The van der Waals surface area contributed by atoms with Crippen LogP contribution in [-0.2, 0) is 0 Å². The molecule has 5 nitrogen and oxygen atoms in total. The number of para-hydroxylation sites is 1. The first-order valence-electron chi connectivity index (χ1n) is 7.14. The van der Waals surface area contributed by atoms with Crippen LogP contribution in [0.15, 0.2) is 36.5 Å². The zero-order valence-electron chi connectivity index (χ0n) is 13.0. The van der Waals surface area contributed by atoms with E-state index in [9.17, 15) is 9.90 Å². The molecule has 0 atom stereocenters. The monoisotopic (exact) mass is 321 g/mol. The Morgan fingerprint density at radius 2 is 2.05 bits per heavy atom. The van der Waals surface area contributed by atoms with Crippen LogP contribution >= 0.6 is 11.6 Å². The molecule has 118 valence electrons. The van der Waals surface area contributed by atoms with Crippen LogP contribution in [0.5, 0.6) is 0 Å². The van der Waals surface area contributed by atoms with E-state index in [1.165, 1.54) is 0 Å². The van der Waals surface area contributed by atoms with Crippen molar-refractivity contribution in [3.63, 3.8) is 0 Å². The zero-order valence-corrected chi connectivity index (χ0v) is 13.7. The highest BCUT2D eigenvalue weighted by atomic mass is 35.5. The average Bonchev–Trinajstić information content (AvgIpc) is 2.93. The van der Waals surface area contributed by atoms with Gasteiger partial charge in [0.1, 0.15) is 0 Å². The fourth-order valence-corrected chi connectivity index (χ4v) is 2.39. The van der Waals surface area contributed by atoms with Gasteiger partial charge in [-0.15, -0.1) is 0 Å². The SMILES string of the molecule is CCN(CC(C)(C)O)C(=O)c1ccn(-c2ccccc2Cl)n1. The Morgan fingerprint density at radius 1 is 1.36 bits per heavy atom. The van der Waals surface area contributed by atoms with Gasteiger partial charge in [-0.05, 0) is 39.0 Å². The van der Waals surface area contributed by atoms with E-state index in [1.54, 1.807) is 41.8 Å². The summed E-state index contributed by atoms with van der Waals surface area (Å²) in [6, 6.07) is 8.95. The molecule has 22 heavy (non-hydrogen) atoms. The maximum absolute atomic E-state index is 12.5. The van der Waals surface area contributed by atoms with Crippen LogP contribution in [0.4, 0.5) is 0 Å². The minimum absolute atomic E-state index is 0.213. The second kappa shape index (κ2) is 6.50. The molecule has 0 aliphatic carbocycles. The molecule has 0 fully saturated rings. The first-order chi connectivity index (χ1) is 10.3. The fraction of sp³-hybridized carbons (Fsp3) is 0.375. The fourth-order valence-electron chi connectivity index (χ4n) is 2.17. The molecule has 2 rings (SSSR count). The molecule has 1 aromatic heterocycles. The number of benzene rings is 1. The highest BCUT2D eigenvalue weighted by molar-refractivity contribution is 6.32. The Morgan fingerprint density at radius 3 is 2.64 bits per heavy atom. The molecule has 0 aliphatic heterocycles. The molecule has 0 spiro atoms. The number of carbonyl (C=O) groups is 1. The zero-order chi connectivity index (χ0) is 16.3. The number of nitrogens with zero attached hydrogens (tertiary/aromatic N) is 3. The Balaban J connectivity index is 2.24. The first-order valence-corrected chi connectivity index (χ1v) is 7.52. The van der Waals surface area contributed by atoms with Crippen molar-refractivity contribution in [2.45, 2.75) is 26.4 Å². The normalized spacial score (nSPS) is 11.5. The molecular weight excluding hydrogens is 302 g/mol. The smallest absolute Gasteiger partial charge is 0.274 e. The number of amides is 1. The van der Waals surface area contributed by atoms with Crippen molar-refractivity contribution < 1.29 is 9.90 Å². The van der Waals surface area contributed by atoms with Crippen LogP contribution in [0.3, 0.4) is 0 Å². The second-order valence-corrected chi connectivity index (χ2v) is 6.14. The third-order valence-electron chi connectivity index (χ3n) is 3.15. The quantitative estimate of drug-likeness (QED) is 0.921. The highest BCUT2D eigenvalue weighted by Gasteiger charge is 2.23. The van der Waals surface area contributed by atoms with E-state index in [-0.39, 0.29) is 12.5 Å². The van der Waals surface area contributed by atoms with Gasteiger partial charge in [0, 0.05) is 19.3 Å². The van der Waals surface area contributed by atoms with Crippen molar-refractivity contribution in [1.82, 2.24) is 14.7 Å². The van der Waals surface area contributed by atoms with Crippen molar-refractivity contribution in [2.24, 2.45) is 0 Å². The van der Waals surface area contributed by atoms with Crippen LogP contribution in [0.2, 0.25) is 5.02 Å². The Labute approximate surface area is 135 Å². The molecule has 6 heteroatoms. The van der Waals surface area contributed by atoms with E-state index in [1.807, 2.05) is 25.1 Å². The Bertz CT molecular complexity index is 661. The predicted molar refractivity (Wildman–Crippen MR) is 86.4 cm³/mol. The number of aromatic nitrogens is 2. The Kier molecular flexibility index (Phi) is 4.88. The summed E-state index contributed by atoms with van der Waals surface area (Å²) in [7, 11) is 0.